The van der Waals surface area contributed by atoms with Gasteiger partial charge in [-0.1, -0.05) is 30.3 Å². The zero-order valence-electron chi connectivity index (χ0n) is 15.8. The molecule has 0 saturated carbocycles. The molecule has 2 N–H and O–H groups in total. The maximum absolute atomic E-state index is 12.9. The van der Waals surface area contributed by atoms with E-state index < -0.39 is 0 Å². The molecule has 1 unspecified atom stereocenters. The molecule has 0 fully saturated rings. The number of benzene rings is 1. The molecule has 0 aliphatic rings. The third-order valence-corrected chi connectivity index (χ3v) is 5.73. The van der Waals surface area contributed by atoms with Gasteiger partial charge >= 0.3 is 0 Å². The molecule has 5 nitrogen and oxygen atoms in total. The van der Waals surface area contributed by atoms with Gasteiger partial charge in [-0.05, 0) is 43.9 Å². The quantitative estimate of drug-likeness (QED) is 0.515. The van der Waals surface area contributed by atoms with E-state index in [0.29, 0.717) is 4.88 Å². The number of pyridine rings is 1. The number of carbonyl (C=O) groups is 1. The Kier molecular flexibility index (Phi) is 5.23. The summed E-state index contributed by atoms with van der Waals surface area (Å²) in [6.45, 7) is 0.738. The largest absolute Gasteiger partial charge is 0.346 e. The summed E-state index contributed by atoms with van der Waals surface area (Å²) in [6.07, 6.45) is 3.67. The van der Waals surface area contributed by atoms with Crippen LogP contribution in [0.25, 0.3) is 21.5 Å². The minimum atomic E-state index is -0.0634. The van der Waals surface area contributed by atoms with Crippen molar-refractivity contribution in [3.8, 4) is 10.4 Å². The summed E-state index contributed by atoms with van der Waals surface area (Å²) >= 11 is 1.50. The van der Waals surface area contributed by atoms with Crippen molar-refractivity contribution in [3.63, 3.8) is 0 Å². The second kappa shape index (κ2) is 7.96. The minimum absolute atomic E-state index is 0.0497. The average molecular weight is 391 g/mol. The predicted octanol–water partition coefficient (Wildman–Crippen LogP) is 4.32. The van der Waals surface area contributed by atoms with Gasteiger partial charge in [-0.2, -0.15) is 0 Å². The Morgan fingerprint density at radius 2 is 1.96 bits per heavy atom. The topological polar surface area (TPSA) is 61.0 Å². The Balaban J connectivity index is 1.57. The third-order valence-electron chi connectivity index (χ3n) is 4.61. The number of aromatic nitrogens is 2. The number of H-pyrrole nitrogens is 1. The third kappa shape index (κ3) is 3.83. The van der Waals surface area contributed by atoms with Crippen molar-refractivity contribution in [3.05, 3.63) is 77.4 Å². The number of rotatable bonds is 6. The van der Waals surface area contributed by atoms with Crippen LogP contribution >= 0.6 is 11.3 Å². The molecule has 142 valence electrons. The van der Waals surface area contributed by atoms with Crippen LogP contribution < -0.4 is 5.32 Å². The SMILES string of the molecule is CN(C)CC(NC(=O)c1ccc(-c2ccnc3[nH]ccc23)s1)c1ccccc1. The smallest absolute Gasteiger partial charge is 0.261 e. The van der Waals surface area contributed by atoms with Gasteiger partial charge in [-0.25, -0.2) is 4.98 Å². The summed E-state index contributed by atoms with van der Waals surface area (Å²) in [6, 6.07) is 17.9. The van der Waals surface area contributed by atoms with E-state index in [2.05, 4.69) is 20.2 Å². The van der Waals surface area contributed by atoms with E-state index >= 15 is 0 Å². The monoisotopic (exact) mass is 390 g/mol. The van der Waals surface area contributed by atoms with Gasteiger partial charge in [0.15, 0.2) is 0 Å². The van der Waals surface area contributed by atoms with Gasteiger partial charge < -0.3 is 15.2 Å². The van der Waals surface area contributed by atoms with Crippen molar-refractivity contribution in [2.75, 3.05) is 20.6 Å². The van der Waals surface area contributed by atoms with Crippen LogP contribution in [0.3, 0.4) is 0 Å². The molecule has 4 rings (SSSR count). The normalized spacial score (nSPS) is 12.4. The molecule has 0 radical (unpaired) electrons. The maximum atomic E-state index is 12.9. The van der Waals surface area contributed by atoms with Gasteiger partial charge in [0.2, 0.25) is 0 Å². The molecule has 1 aromatic carbocycles. The van der Waals surface area contributed by atoms with Crippen molar-refractivity contribution in [2.24, 2.45) is 0 Å². The highest BCUT2D eigenvalue weighted by atomic mass is 32.1. The average Bonchev–Trinajstić information content (AvgIpc) is 3.37. The summed E-state index contributed by atoms with van der Waals surface area (Å²) in [5.74, 6) is -0.0497. The number of nitrogens with zero attached hydrogens (tertiary/aromatic N) is 2. The zero-order chi connectivity index (χ0) is 19.5. The lowest BCUT2D eigenvalue weighted by atomic mass is 10.1. The predicted molar refractivity (Wildman–Crippen MR) is 115 cm³/mol. The molecule has 1 atom stereocenters. The molecular formula is C22H22N4OS. The molecular weight excluding hydrogens is 368 g/mol. The van der Waals surface area contributed by atoms with Crippen LogP contribution in [-0.2, 0) is 0 Å². The van der Waals surface area contributed by atoms with Crippen molar-refractivity contribution >= 4 is 28.3 Å². The Morgan fingerprint density at radius 1 is 1.14 bits per heavy atom. The van der Waals surface area contributed by atoms with Gasteiger partial charge in [0.1, 0.15) is 5.65 Å². The number of amides is 1. The molecule has 0 bridgehead atoms. The van der Waals surface area contributed by atoms with Crippen LogP contribution in [0.15, 0.2) is 67.0 Å². The maximum Gasteiger partial charge on any atom is 0.261 e. The zero-order valence-corrected chi connectivity index (χ0v) is 16.7. The van der Waals surface area contributed by atoms with Crippen LogP contribution in [0.4, 0.5) is 0 Å². The number of aromatic amines is 1. The van der Waals surface area contributed by atoms with Crippen molar-refractivity contribution in [1.82, 2.24) is 20.2 Å². The second-order valence-corrected chi connectivity index (χ2v) is 8.05. The highest BCUT2D eigenvalue weighted by Gasteiger charge is 2.18. The number of nitrogens with one attached hydrogen (secondary N) is 2. The van der Waals surface area contributed by atoms with Crippen LogP contribution in [0.1, 0.15) is 21.3 Å². The fourth-order valence-corrected chi connectivity index (χ4v) is 4.24. The first-order valence-electron chi connectivity index (χ1n) is 9.14. The Labute approximate surface area is 168 Å². The highest BCUT2D eigenvalue weighted by molar-refractivity contribution is 7.17. The summed E-state index contributed by atoms with van der Waals surface area (Å²) < 4.78 is 0. The van der Waals surface area contributed by atoms with Crippen LogP contribution in [0.5, 0.6) is 0 Å². The van der Waals surface area contributed by atoms with Gasteiger partial charge in [0, 0.05) is 34.8 Å². The van der Waals surface area contributed by atoms with E-state index in [4.69, 9.17) is 0 Å². The Hall–Kier alpha value is -2.96. The summed E-state index contributed by atoms with van der Waals surface area (Å²) in [5, 5.41) is 4.25. The second-order valence-electron chi connectivity index (χ2n) is 6.96. The number of hydrogen-bond donors (Lipinski definition) is 2. The fourth-order valence-electron chi connectivity index (χ4n) is 3.29. The van der Waals surface area contributed by atoms with E-state index in [9.17, 15) is 4.79 Å². The first kappa shape index (κ1) is 18.4. The Bertz CT molecular complexity index is 1080. The lowest BCUT2D eigenvalue weighted by Gasteiger charge is -2.22. The van der Waals surface area contributed by atoms with Crippen LogP contribution in [0.2, 0.25) is 0 Å². The molecule has 6 heteroatoms. The van der Waals surface area contributed by atoms with Gasteiger partial charge in [-0.15, -0.1) is 11.3 Å². The van der Waals surface area contributed by atoms with Crippen molar-refractivity contribution in [1.29, 1.82) is 0 Å². The van der Waals surface area contributed by atoms with E-state index in [1.54, 1.807) is 6.20 Å². The number of thiophene rings is 1. The number of likely N-dealkylation sites (N-methyl/N-ethyl adjacent to an activating group) is 1. The first-order chi connectivity index (χ1) is 13.6. The summed E-state index contributed by atoms with van der Waals surface area (Å²) in [7, 11) is 4.02. The van der Waals surface area contributed by atoms with Crippen molar-refractivity contribution < 1.29 is 4.79 Å². The fraction of sp³-hybridized carbons (Fsp3) is 0.182. The molecule has 0 aliphatic heterocycles. The van der Waals surface area contributed by atoms with Crippen LogP contribution in [0, 0.1) is 0 Å². The highest BCUT2D eigenvalue weighted by Crippen LogP contribution is 2.33. The van der Waals surface area contributed by atoms with Gasteiger partial charge in [0.05, 0.1) is 10.9 Å². The van der Waals surface area contributed by atoms with Crippen molar-refractivity contribution in [2.45, 2.75) is 6.04 Å². The van der Waals surface area contributed by atoms with E-state index in [-0.39, 0.29) is 11.9 Å². The number of carbonyl (C=O) groups excluding carboxylic acids is 1. The lowest BCUT2D eigenvalue weighted by molar-refractivity contribution is 0.0934. The Morgan fingerprint density at radius 3 is 2.75 bits per heavy atom. The molecule has 0 saturated heterocycles. The summed E-state index contributed by atoms with van der Waals surface area (Å²) in [4.78, 5) is 24.2. The van der Waals surface area contributed by atoms with Gasteiger partial charge in [-0.3, -0.25) is 4.79 Å². The molecule has 0 spiro atoms. The lowest BCUT2D eigenvalue weighted by Crippen LogP contribution is -2.34. The summed E-state index contributed by atoms with van der Waals surface area (Å²) in [5.41, 5.74) is 3.04. The first-order valence-corrected chi connectivity index (χ1v) is 9.96. The molecule has 28 heavy (non-hydrogen) atoms. The van der Waals surface area contributed by atoms with Crippen LogP contribution in [-0.4, -0.2) is 41.4 Å². The molecule has 3 aromatic heterocycles. The molecule has 0 aliphatic carbocycles. The van der Waals surface area contributed by atoms with Gasteiger partial charge in [0.25, 0.3) is 5.91 Å². The molecule has 1 amide bonds. The van der Waals surface area contributed by atoms with E-state index in [0.717, 1.165) is 33.6 Å². The standard InChI is InChI=1S/C22H22N4OS/c1-26(2)14-18(15-6-4-3-5-7-15)25-22(27)20-9-8-19(28-20)16-10-12-23-21-17(16)11-13-24-21/h3-13,18H,14H2,1-2H3,(H,23,24)(H,25,27). The molecule has 3 heterocycles. The number of fused-ring (bicyclic) bond motifs is 1. The number of hydrogen-bond acceptors (Lipinski definition) is 4. The van der Waals surface area contributed by atoms with E-state index in [1.807, 2.05) is 74.9 Å². The minimum Gasteiger partial charge on any atom is -0.346 e. The van der Waals surface area contributed by atoms with E-state index in [1.165, 1.54) is 11.3 Å². The molecule has 4 aromatic rings.